The summed E-state index contributed by atoms with van der Waals surface area (Å²) in [5.41, 5.74) is 0. The Bertz CT molecular complexity index is 509. The van der Waals surface area contributed by atoms with E-state index in [1.54, 1.807) is 11.0 Å². The molecular weight excluding hydrogens is 407 g/mol. The van der Waals surface area contributed by atoms with Gasteiger partial charge in [-0.2, -0.15) is 5.10 Å². The molecule has 1 aromatic heterocycles. The Morgan fingerprint density at radius 1 is 1.30 bits per heavy atom. The van der Waals surface area contributed by atoms with Crippen molar-refractivity contribution in [2.24, 2.45) is 12.0 Å². The summed E-state index contributed by atoms with van der Waals surface area (Å²) in [7, 11) is 1.89. The lowest BCUT2D eigenvalue weighted by Gasteiger charge is -2.47. The molecule has 0 aliphatic carbocycles. The van der Waals surface area contributed by atoms with Crippen molar-refractivity contribution in [3.63, 3.8) is 0 Å². The highest BCUT2D eigenvalue weighted by molar-refractivity contribution is 14.0. The fraction of sp³-hybridized carbons (Fsp3) is 0.786. The molecule has 0 amide bonds. The predicted molar refractivity (Wildman–Crippen MR) is 101 cm³/mol. The van der Waals surface area contributed by atoms with Gasteiger partial charge in [0.25, 0.3) is 0 Å². The van der Waals surface area contributed by atoms with Crippen LogP contribution in [0.2, 0.25) is 0 Å². The second-order valence-electron chi connectivity index (χ2n) is 5.87. The van der Waals surface area contributed by atoms with Crippen LogP contribution in [0.5, 0.6) is 0 Å². The molecule has 1 unspecified atom stereocenters. The molecule has 2 N–H and O–H groups in total. The molecule has 3 fully saturated rings. The minimum absolute atomic E-state index is 0. The lowest BCUT2D eigenvalue weighted by atomic mass is 10.1. The number of fused-ring (bicyclic) bond motifs is 3. The minimum atomic E-state index is 0. The topological polar surface area (TPSA) is 73.6 Å². The van der Waals surface area contributed by atoms with Crippen molar-refractivity contribution < 1.29 is 0 Å². The Morgan fingerprint density at radius 2 is 2.09 bits per heavy atom. The largest absolute Gasteiger partial charge is 0.357 e. The van der Waals surface area contributed by atoms with Crippen LogP contribution in [0.1, 0.15) is 12.7 Å². The standard InChI is InChI=1S/C14H26N8.HI/c1-3-15-14(17-9-13-18-11-19-20(13)2)16-8-12-10-21-4-6-22(12)7-5-21;/h11-12H,3-10H2,1-2H3,(H2,15,16,17);1H. The van der Waals surface area contributed by atoms with Gasteiger partial charge >= 0.3 is 0 Å². The number of aliphatic imine (C=N–C) groups is 1. The second kappa shape index (κ2) is 8.78. The molecule has 9 heteroatoms. The molecule has 0 radical (unpaired) electrons. The first kappa shape index (κ1) is 18.4. The molecule has 0 aromatic carbocycles. The highest BCUT2D eigenvalue weighted by Gasteiger charge is 2.31. The van der Waals surface area contributed by atoms with E-state index in [0.29, 0.717) is 12.6 Å². The van der Waals surface area contributed by atoms with Gasteiger partial charge in [-0.05, 0) is 6.92 Å². The maximum absolute atomic E-state index is 4.60. The van der Waals surface area contributed by atoms with Crippen LogP contribution in [0.4, 0.5) is 0 Å². The molecule has 23 heavy (non-hydrogen) atoms. The summed E-state index contributed by atoms with van der Waals surface area (Å²) in [4.78, 5) is 13.9. The van der Waals surface area contributed by atoms with Crippen molar-refractivity contribution >= 4 is 29.9 Å². The Balaban J connectivity index is 0.00000192. The zero-order valence-corrected chi connectivity index (χ0v) is 16.2. The van der Waals surface area contributed by atoms with Gasteiger partial charge in [-0.3, -0.25) is 14.5 Å². The third-order valence-corrected chi connectivity index (χ3v) is 4.43. The van der Waals surface area contributed by atoms with Crippen LogP contribution < -0.4 is 10.6 Å². The number of hydrogen-bond acceptors (Lipinski definition) is 5. The van der Waals surface area contributed by atoms with E-state index in [1.165, 1.54) is 26.2 Å². The predicted octanol–water partition coefficient (Wildman–Crippen LogP) is -0.512. The van der Waals surface area contributed by atoms with Crippen LogP contribution >= 0.6 is 24.0 Å². The van der Waals surface area contributed by atoms with E-state index in [2.05, 4.69) is 42.4 Å². The Kier molecular flexibility index (Phi) is 7.03. The molecule has 0 spiro atoms. The number of hydrogen-bond donors (Lipinski definition) is 2. The van der Waals surface area contributed by atoms with Crippen molar-refractivity contribution in [3.05, 3.63) is 12.2 Å². The molecule has 4 rings (SSSR count). The summed E-state index contributed by atoms with van der Waals surface area (Å²) in [6, 6.07) is 0.584. The summed E-state index contributed by atoms with van der Waals surface area (Å²) >= 11 is 0. The van der Waals surface area contributed by atoms with Crippen molar-refractivity contribution in [1.29, 1.82) is 0 Å². The zero-order valence-electron chi connectivity index (χ0n) is 13.9. The fourth-order valence-corrected chi connectivity index (χ4v) is 3.09. The van der Waals surface area contributed by atoms with Crippen LogP contribution in [0, 0.1) is 0 Å². The Morgan fingerprint density at radius 3 is 2.65 bits per heavy atom. The van der Waals surface area contributed by atoms with Gasteiger partial charge in [0.1, 0.15) is 18.7 Å². The van der Waals surface area contributed by atoms with Crippen molar-refractivity contribution in [3.8, 4) is 0 Å². The van der Waals surface area contributed by atoms with Gasteiger partial charge in [0.15, 0.2) is 5.96 Å². The normalized spacial score (nSPS) is 26.7. The summed E-state index contributed by atoms with van der Waals surface area (Å²) in [6.07, 6.45) is 1.56. The third-order valence-electron chi connectivity index (χ3n) is 4.43. The molecule has 130 valence electrons. The van der Waals surface area contributed by atoms with E-state index in [4.69, 9.17) is 0 Å². The van der Waals surface area contributed by atoms with E-state index in [0.717, 1.165) is 31.4 Å². The van der Waals surface area contributed by atoms with Crippen molar-refractivity contribution in [1.82, 2.24) is 35.2 Å². The van der Waals surface area contributed by atoms with E-state index in [9.17, 15) is 0 Å². The summed E-state index contributed by atoms with van der Waals surface area (Å²) in [5, 5.41) is 10.8. The van der Waals surface area contributed by atoms with Gasteiger partial charge < -0.3 is 10.6 Å². The Labute approximate surface area is 154 Å². The van der Waals surface area contributed by atoms with Crippen LogP contribution in [0.3, 0.4) is 0 Å². The number of nitrogens with one attached hydrogen (secondary N) is 2. The first-order valence-electron chi connectivity index (χ1n) is 8.07. The summed E-state index contributed by atoms with van der Waals surface area (Å²) < 4.78 is 1.76. The van der Waals surface area contributed by atoms with Gasteiger partial charge in [0, 0.05) is 58.9 Å². The Hall–Kier alpha value is -0.940. The smallest absolute Gasteiger partial charge is 0.191 e. The van der Waals surface area contributed by atoms with Crippen LogP contribution in [-0.4, -0.2) is 82.4 Å². The quantitative estimate of drug-likeness (QED) is 0.370. The van der Waals surface area contributed by atoms with E-state index in [1.807, 2.05) is 7.05 Å². The molecule has 8 nitrogen and oxygen atoms in total. The summed E-state index contributed by atoms with van der Waals surface area (Å²) in [5.74, 6) is 1.71. The van der Waals surface area contributed by atoms with Gasteiger partial charge in [0.05, 0.1) is 0 Å². The molecule has 2 bridgehead atoms. The third kappa shape index (κ3) is 4.77. The number of aromatic nitrogens is 3. The van der Waals surface area contributed by atoms with Crippen LogP contribution in [-0.2, 0) is 13.6 Å². The molecule has 1 aromatic rings. The molecule has 3 aliphatic rings. The molecule has 0 saturated carbocycles. The second-order valence-corrected chi connectivity index (χ2v) is 5.87. The number of aryl methyl sites for hydroxylation is 1. The first-order valence-corrected chi connectivity index (χ1v) is 8.07. The number of rotatable bonds is 5. The number of guanidine groups is 1. The van der Waals surface area contributed by atoms with E-state index < -0.39 is 0 Å². The highest BCUT2D eigenvalue weighted by atomic mass is 127. The van der Waals surface area contributed by atoms with Gasteiger partial charge in [-0.25, -0.2) is 9.98 Å². The van der Waals surface area contributed by atoms with Crippen molar-refractivity contribution in [2.75, 3.05) is 45.8 Å². The highest BCUT2D eigenvalue weighted by Crippen LogP contribution is 2.14. The molecule has 4 heterocycles. The molecule has 3 aliphatic heterocycles. The maximum atomic E-state index is 4.60. The van der Waals surface area contributed by atoms with Crippen LogP contribution in [0.15, 0.2) is 11.3 Å². The molecular formula is C14H27IN8. The lowest BCUT2D eigenvalue weighted by Crippen LogP contribution is -2.63. The SMILES string of the molecule is CCNC(=NCc1ncnn1C)NCC1CN2CCN1CC2.I. The monoisotopic (exact) mass is 434 g/mol. The van der Waals surface area contributed by atoms with E-state index >= 15 is 0 Å². The number of piperazine rings is 3. The fourth-order valence-electron chi connectivity index (χ4n) is 3.09. The minimum Gasteiger partial charge on any atom is -0.357 e. The van der Waals surface area contributed by atoms with E-state index in [-0.39, 0.29) is 24.0 Å². The maximum Gasteiger partial charge on any atom is 0.191 e. The molecule has 1 atom stereocenters. The van der Waals surface area contributed by atoms with Crippen LogP contribution in [0.25, 0.3) is 0 Å². The lowest BCUT2D eigenvalue weighted by molar-refractivity contribution is 0.0154. The summed E-state index contributed by atoms with van der Waals surface area (Å²) in [6.45, 7) is 10.4. The average Bonchev–Trinajstić information content (AvgIpc) is 2.96. The zero-order chi connectivity index (χ0) is 15.4. The number of halogens is 1. The first-order chi connectivity index (χ1) is 10.8. The van der Waals surface area contributed by atoms with Crippen molar-refractivity contribution in [2.45, 2.75) is 19.5 Å². The van der Waals surface area contributed by atoms with Gasteiger partial charge in [-0.15, -0.1) is 24.0 Å². The van der Waals surface area contributed by atoms with Gasteiger partial charge in [-0.1, -0.05) is 0 Å². The van der Waals surface area contributed by atoms with Gasteiger partial charge in [0.2, 0.25) is 0 Å². The average molecular weight is 434 g/mol. The molecule has 3 saturated heterocycles. The number of nitrogens with zero attached hydrogens (tertiary/aromatic N) is 6.